The highest BCUT2D eigenvalue weighted by molar-refractivity contribution is 6.60. The first-order chi connectivity index (χ1) is 15.5. The summed E-state index contributed by atoms with van der Waals surface area (Å²) in [5.74, 6) is -0.676. The maximum absolute atomic E-state index is 13.9. The molecule has 1 rings (SSSR count). The van der Waals surface area contributed by atoms with Gasteiger partial charge in [0.15, 0.2) is 11.6 Å². The average Bonchev–Trinajstić information content (AvgIpc) is 2.78. The topological polar surface area (TPSA) is 63.2 Å². The molecule has 6 nitrogen and oxygen atoms in total. The lowest BCUT2D eigenvalue weighted by atomic mass is 10.1. The van der Waals surface area contributed by atoms with Gasteiger partial charge in [-0.3, -0.25) is 0 Å². The van der Waals surface area contributed by atoms with Crippen molar-refractivity contribution in [2.75, 3.05) is 33.5 Å². The summed E-state index contributed by atoms with van der Waals surface area (Å²) in [6.07, 6.45) is 9.09. The number of hydrogen-bond donors (Lipinski definition) is 0. The quantitative estimate of drug-likeness (QED) is 0.117. The average molecular weight is 471 g/mol. The molecule has 0 bridgehead atoms. The Labute approximate surface area is 193 Å². The summed E-state index contributed by atoms with van der Waals surface area (Å²) in [4.78, 5) is 11.2. The van der Waals surface area contributed by atoms with E-state index >= 15 is 0 Å². The van der Waals surface area contributed by atoms with Crippen molar-refractivity contribution < 1.29 is 31.9 Å². The van der Waals surface area contributed by atoms with Gasteiger partial charge in [0.1, 0.15) is 0 Å². The van der Waals surface area contributed by atoms with Crippen LogP contribution in [0.5, 0.6) is 5.75 Å². The molecule has 0 aromatic heterocycles. The molecule has 0 saturated carbocycles. The summed E-state index contributed by atoms with van der Waals surface area (Å²) >= 11 is 0. The molecule has 0 aliphatic heterocycles. The molecule has 0 radical (unpaired) electrons. The van der Waals surface area contributed by atoms with Gasteiger partial charge in [-0.15, -0.1) is 0 Å². The number of ether oxygens (including phenoxy) is 2. The number of carbonyl (C=O) groups is 1. The number of esters is 1. The van der Waals surface area contributed by atoms with Crippen molar-refractivity contribution in [3.8, 4) is 5.75 Å². The van der Waals surface area contributed by atoms with Gasteiger partial charge in [-0.25, -0.2) is 9.18 Å². The highest BCUT2D eigenvalue weighted by atomic mass is 28.4. The van der Waals surface area contributed by atoms with E-state index in [2.05, 4.69) is 4.74 Å². The van der Waals surface area contributed by atoms with Crippen LogP contribution in [0.1, 0.15) is 64.9 Å². The normalized spacial score (nSPS) is 11.8. The fourth-order valence-electron chi connectivity index (χ4n) is 3.30. The Bertz CT molecular complexity index is 665. The second kappa shape index (κ2) is 16.8. The molecular weight excluding hydrogens is 431 g/mol. The predicted octanol–water partition coefficient (Wildman–Crippen LogP) is 5.78. The van der Waals surface area contributed by atoms with Crippen molar-refractivity contribution >= 4 is 20.8 Å². The molecule has 0 saturated heterocycles. The molecule has 0 amide bonds. The molecule has 0 fully saturated rings. The van der Waals surface area contributed by atoms with Crippen LogP contribution in [0.4, 0.5) is 4.39 Å². The largest absolute Gasteiger partial charge is 0.500 e. The van der Waals surface area contributed by atoms with E-state index in [0.717, 1.165) is 44.6 Å². The number of carbonyl (C=O) groups excluding carboxylic acids is 1. The first kappa shape index (κ1) is 28.3. The lowest BCUT2D eigenvalue weighted by Gasteiger charge is -2.28. The first-order valence-electron chi connectivity index (χ1n) is 11.6. The number of methoxy groups -OCH3 is 1. The van der Waals surface area contributed by atoms with Gasteiger partial charge < -0.3 is 22.8 Å². The van der Waals surface area contributed by atoms with E-state index in [4.69, 9.17) is 18.0 Å². The van der Waals surface area contributed by atoms with Gasteiger partial charge in [-0.05, 0) is 57.4 Å². The smallest absolute Gasteiger partial charge is 0.490 e. The van der Waals surface area contributed by atoms with Crippen LogP contribution in [0.15, 0.2) is 24.3 Å². The van der Waals surface area contributed by atoms with Gasteiger partial charge in [0.2, 0.25) is 0 Å². The zero-order valence-corrected chi connectivity index (χ0v) is 21.0. The summed E-state index contributed by atoms with van der Waals surface area (Å²) in [6, 6.07) is 5.36. The number of halogens is 1. The molecule has 182 valence electrons. The Balaban J connectivity index is 2.27. The van der Waals surface area contributed by atoms with E-state index in [1.54, 1.807) is 18.2 Å². The van der Waals surface area contributed by atoms with Gasteiger partial charge in [-0.2, -0.15) is 0 Å². The van der Waals surface area contributed by atoms with E-state index in [1.807, 2.05) is 20.8 Å². The molecule has 0 atom stereocenters. The first-order valence-corrected chi connectivity index (χ1v) is 13.5. The molecule has 0 N–H and O–H groups in total. The third-order valence-corrected chi connectivity index (χ3v) is 7.95. The van der Waals surface area contributed by atoms with Crippen molar-refractivity contribution in [3.05, 3.63) is 35.7 Å². The van der Waals surface area contributed by atoms with Crippen molar-refractivity contribution in [3.63, 3.8) is 0 Å². The zero-order valence-electron chi connectivity index (χ0n) is 20.0. The molecule has 0 heterocycles. The van der Waals surface area contributed by atoms with Crippen LogP contribution in [0.2, 0.25) is 6.04 Å². The van der Waals surface area contributed by atoms with E-state index in [-0.39, 0.29) is 5.75 Å². The lowest BCUT2D eigenvalue weighted by Crippen LogP contribution is -2.45. The second-order valence-corrected chi connectivity index (χ2v) is 9.98. The molecule has 1 aromatic carbocycles. The minimum Gasteiger partial charge on any atom is -0.490 e. The van der Waals surface area contributed by atoms with Crippen LogP contribution in [0.3, 0.4) is 0 Å². The third kappa shape index (κ3) is 11.2. The molecule has 0 aliphatic rings. The van der Waals surface area contributed by atoms with Crippen molar-refractivity contribution in [2.24, 2.45) is 0 Å². The van der Waals surface area contributed by atoms with Crippen LogP contribution >= 0.6 is 0 Å². The standard InChI is InChI=1S/C24H39FO6Si/c1-5-29-32(30-6-2,31-7-3)19-13-11-9-8-10-12-18-28-23-20-21(14-16-22(23)25)15-17-24(26)27-4/h14-17,20H,5-13,18-19H2,1-4H3. The number of unbranched alkanes of at least 4 members (excludes halogenated alkanes) is 5. The van der Waals surface area contributed by atoms with Crippen molar-refractivity contribution in [2.45, 2.75) is 65.3 Å². The van der Waals surface area contributed by atoms with Crippen molar-refractivity contribution in [1.29, 1.82) is 0 Å². The monoisotopic (exact) mass is 470 g/mol. The van der Waals surface area contributed by atoms with Gasteiger partial charge in [0.25, 0.3) is 0 Å². The maximum Gasteiger partial charge on any atom is 0.500 e. The molecule has 8 heteroatoms. The Hall–Kier alpha value is -1.74. The third-order valence-electron chi connectivity index (χ3n) is 4.80. The van der Waals surface area contributed by atoms with Crippen LogP contribution in [-0.4, -0.2) is 48.3 Å². The van der Waals surface area contributed by atoms with Crippen molar-refractivity contribution in [1.82, 2.24) is 0 Å². The summed E-state index contributed by atoms with van der Waals surface area (Å²) < 4.78 is 41.7. The molecule has 32 heavy (non-hydrogen) atoms. The Kier molecular flexibility index (Phi) is 14.9. The molecular formula is C24H39FO6Si. The minimum atomic E-state index is -2.52. The zero-order chi connectivity index (χ0) is 23.7. The van der Waals surface area contributed by atoms with Gasteiger partial charge in [0, 0.05) is 31.9 Å². The maximum atomic E-state index is 13.9. The Morgan fingerprint density at radius 2 is 1.53 bits per heavy atom. The van der Waals surface area contributed by atoms with Gasteiger partial charge in [0.05, 0.1) is 13.7 Å². The van der Waals surface area contributed by atoms with Crippen LogP contribution in [-0.2, 0) is 22.8 Å². The molecule has 0 aliphatic carbocycles. The SMILES string of the molecule is CCO[Si](CCCCCCCCOc1cc(C=CC(=O)OC)ccc1F)(OCC)OCC. The number of benzene rings is 1. The second-order valence-electron chi connectivity index (χ2n) is 7.25. The van der Waals surface area contributed by atoms with E-state index in [0.29, 0.717) is 32.0 Å². The lowest BCUT2D eigenvalue weighted by molar-refractivity contribution is -0.134. The van der Waals surface area contributed by atoms with Crippen LogP contribution < -0.4 is 4.74 Å². The predicted molar refractivity (Wildman–Crippen MR) is 126 cm³/mol. The Morgan fingerprint density at radius 1 is 0.938 bits per heavy atom. The fourth-order valence-corrected chi connectivity index (χ4v) is 5.99. The summed E-state index contributed by atoms with van der Waals surface area (Å²) in [6.45, 7) is 8.21. The summed E-state index contributed by atoms with van der Waals surface area (Å²) in [7, 11) is -1.22. The van der Waals surface area contributed by atoms with Crippen LogP contribution in [0.25, 0.3) is 6.08 Å². The van der Waals surface area contributed by atoms with Crippen LogP contribution in [0, 0.1) is 5.82 Å². The summed E-state index contributed by atoms with van der Waals surface area (Å²) in [5, 5.41) is 0. The van der Waals surface area contributed by atoms with Gasteiger partial charge in [-0.1, -0.05) is 31.7 Å². The summed E-state index contributed by atoms with van der Waals surface area (Å²) in [5.41, 5.74) is 0.678. The highest BCUT2D eigenvalue weighted by Gasteiger charge is 2.39. The van der Waals surface area contributed by atoms with Gasteiger partial charge >= 0.3 is 14.8 Å². The minimum absolute atomic E-state index is 0.195. The fraction of sp³-hybridized carbons (Fsp3) is 0.625. The van der Waals surface area contributed by atoms with E-state index in [9.17, 15) is 9.18 Å². The molecule has 0 unspecified atom stereocenters. The molecule has 0 spiro atoms. The Morgan fingerprint density at radius 3 is 2.12 bits per heavy atom. The highest BCUT2D eigenvalue weighted by Crippen LogP contribution is 2.22. The van der Waals surface area contributed by atoms with E-state index < -0.39 is 20.6 Å². The number of hydrogen-bond acceptors (Lipinski definition) is 6. The number of rotatable bonds is 18. The molecule has 1 aromatic rings. The van der Waals surface area contributed by atoms with E-state index in [1.165, 1.54) is 19.3 Å².